The second kappa shape index (κ2) is 5.10. The van der Waals surface area contributed by atoms with Crippen molar-refractivity contribution in [3.63, 3.8) is 0 Å². The molecule has 3 heteroatoms. The van der Waals surface area contributed by atoms with Crippen LogP contribution in [0.3, 0.4) is 0 Å². The van der Waals surface area contributed by atoms with Crippen LogP contribution in [0.5, 0.6) is 0 Å². The average molecular weight is 198 g/mol. The Balaban J connectivity index is 1.82. The zero-order chi connectivity index (χ0) is 9.80. The van der Waals surface area contributed by atoms with Crippen molar-refractivity contribution in [2.24, 2.45) is 0 Å². The summed E-state index contributed by atoms with van der Waals surface area (Å²) in [6.07, 6.45) is 6.17. The Hall–Kier alpha value is -0.120. The number of aliphatic hydroxyl groups excluding tert-OH is 1. The lowest BCUT2D eigenvalue weighted by molar-refractivity contribution is 0.171. The van der Waals surface area contributed by atoms with E-state index >= 15 is 0 Å². The lowest BCUT2D eigenvalue weighted by Crippen LogP contribution is -2.40. The number of hydrogen-bond acceptors (Lipinski definition) is 3. The normalized spacial score (nSPS) is 34.1. The fourth-order valence-corrected chi connectivity index (χ4v) is 2.90. The molecule has 2 heterocycles. The highest BCUT2D eigenvalue weighted by Gasteiger charge is 2.31. The number of nitrogens with one attached hydrogen (secondary N) is 1. The van der Waals surface area contributed by atoms with E-state index < -0.39 is 0 Å². The van der Waals surface area contributed by atoms with Crippen molar-refractivity contribution in [1.82, 2.24) is 10.2 Å². The van der Waals surface area contributed by atoms with Gasteiger partial charge in [0.2, 0.25) is 0 Å². The van der Waals surface area contributed by atoms with Gasteiger partial charge in [0.1, 0.15) is 0 Å². The maximum atomic E-state index is 8.85. The van der Waals surface area contributed by atoms with E-state index in [1.807, 2.05) is 0 Å². The highest BCUT2D eigenvalue weighted by molar-refractivity contribution is 4.88. The third kappa shape index (κ3) is 2.27. The fourth-order valence-electron chi connectivity index (χ4n) is 2.90. The molecule has 2 unspecified atom stereocenters. The number of hydrogen-bond donors (Lipinski definition) is 2. The molecule has 14 heavy (non-hydrogen) atoms. The van der Waals surface area contributed by atoms with Crippen LogP contribution in [0.1, 0.15) is 32.1 Å². The zero-order valence-electron chi connectivity index (χ0n) is 8.91. The van der Waals surface area contributed by atoms with E-state index in [1.54, 1.807) is 0 Å². The van der Waals surface area contributed by atoms with Crippen molar-refractivity contribution < 1.29 is 5.11 Å². The van der Waals surface area contributed by atoms with Gasteiger partial charge in [-0.2, -0.15) is 0 Å². The largest absolute Gasteiger partial charge is 0.396 e. The molecule has 0 aromatic carbocycles. The van der Waals surface area contributed by atoms with Gasteiger partial charge in [0.15, 0.2) is 0 Å². The van der Waals surface area contributed by atoms with Gasteiger partial charge in [-0.15, -0.1) is 0 Å². The van der Waals surface area contributed by atoms with E-state index in [0.29, 0.717) is 6.61 Å². The minimum atomic E-state index is 0.354. The predicted octanol–water partition coefficient (Wildman–Crippen LogP) is 0.585. The highest BCUT2D eigenvalue weighted by Crippen LogP contribution is 2.25. The molecule has 0 bridgehead atoms. The second-order valence-electron chi connectivity index (χ2n) is 4.55. The zero-order valence-corrected chi connectivity index (χ0v) is 8.91. The van der Waals surface area contributed by atoms with Crippen molar-refractivity contribution >= 4 is 0 Å². The Labute approximate surface area is 86.5 Å². The van der Waals surface area contributed by atoms with Gasteiger partial charge in [0, 0.05) is 25.2 Å². The molecular formula is C11H22N2O. The van der Waals surface area contributed by atoms with Gasteiger partial charge in [-0.05, 0) is 45.2 Å². The molecule has 2 rings (SSSR count). The summed E-state index contributed by atoms with van der Waals surface area (Å²) in [6.45, 7) is 4.00. The summed E-state index contributed by atoms with van der Waals surface area (Å²) in [5, 5.41) is 12.3. The molecule has 0 aromatic heterocycles. The lowest BCUT2D eigenvalue weighted by atomic mass is 10.1. The van der Waals surface area contributed by atoms with Crippen LogP contribution in [-0.2, 0) is 0 Å². The molecule has 2 aliphatic heterocycles. The van der Waals surface area contributed by atoms with E-state index in [4.69, 9.17) is 5.11 Å². The van der Waals surface area contributed by atoms with Crippen LogP contribution in [0.2, 0.25) is 0 Å². The SMILES string of the molecule is OCCCC1CCCN1C1CCNC1. The highest BCUT2D eigenvalue weighted by atomic mass is 16.2. The molecule has 0 aromatic rings. The van der Waals surface area contributed by atoms with Gasteiger partial charge in [-0.3, -0.25) is 4.90 Å². The van der Waals surface area contributed by atoms with Crippen LogP contribution >= 0.6 is 0 Å². The monoisotopic (exact) mass is 198 g/mol. The van der Waals surface area contributed by atoms with Crippen LogP contribution in [0.4, 0.5) is 0 Å². The molecule has 0 aliphatic carbocycles. The predicted molar refractivity (Wildman–Crippen MR) is 57.3 cm³/mol. The standard InChI is InChI=1S/C11H22N2O/c14-8-2-4-10-3-1-7-13(10)11-5-6-12-9-11/h10-12,14H,1-9H2. The average Bonchev–Trinajstić information content (AvgIpc) is 2.84. The molecule has 2 N–H and O–H groups in total. The molecule has 2 saturated heterocycles. The number of likely N-dealkylation sites (tertiary alicyclic amines) is 1. The molecule has 2 fully saturated rings. The molecule has 2 atom stereocenters. The van der Waals surface area contributed by atoms with Gasteiger partial charge < -0.3 is 10.4 Å². The maximum Gasteiger partial charge on any atom is 0.0431 e. The Morgan fingerprint density at radius 1 is 1.36 bits per heavy atom. The van der Waals surface area contributed by atoms with E-state index in [1.165, 1.54) is 45.3 Å². The summed E-state index contributed by atoms with van der Waals surface area (Å²) in [4.78, 5) is 2.68. The first-order valence-electron chi connectivity index (χ1n) is 5.99. The summed E-state index contributed by atoms with van der Waals surface area (Å²) >= 11 is 0. The van der Waals surface area contributed by atoms with Gasteiger partial charge in [0.25, 0.3) is 0 Å². The maximum absolute atomic E-state index is 8.85. The van der Waals surface area contributed by atoms with Crippen LogP contribution in [-0.4, -0.2) is 48.3 Å². The minimum absolute atomic E-state index is 0.354. The van der Waals surface area contributed by atoms with Crippen molar-refractivity contribution in [3.8, 4) is 0 Å². The molecule has 0 spiro atoms. The number of aliphatic hydroxyl groups is 1. The Morgan fingerprint density at radius 2 is 2.29 bits per heavy atom. The van der Waals surface area contributed by atoms with Crippen molar-refractivity contribution in [2.45, 2.75) is 44.2 Å². The topological polar surface area (TPSA) is 35.5 Å². The van der Waals surface area contributed by atoms with Gasteiger partial charge in [0.05, 0.1) is 0 Å². The number of nitrogens with zero attached hydrogens (tertiary/aromatic N) is 1. The van der Waals surface area contributed by atoms with Gasteiger partial charge in [-0.25, -0.2) is 0 Å². The Bertz CT molecular complexity index is 169. The Kier molecular flexibility index (Phi) is 3.79. The van der Waals surface area contributed by atoms with Gasteiger partial charge in [-0.1, -0.05) is 0 Å². The smallest absolute Gasteiger partial charge is 0.0431 e. The molecule has 0 amide bonds. The summed E-state index contributed by atoms with van der Waals surface area (Å²) in [6, 6.07) is 1.54. The lowest BCUT2D eigenvalue weighted by Gasteiger charge is -2.29. The summed E-state index contributed by atoms with van der Waals surface area (Å²) in [5.41, 5.74) is 0. The van der Waals surface area contributed by atoms with E-state index in [9.17, 15) is 0 Å². The molecule has 0 radical (unpaired) electrons. The first-order valence-corrected chi connectivity index (χ1v) is 5.99. The summed E-state index contributed by atoms with van der Waals surface area (Å²) in [5.74, 6) is 0. The third-order valence-corrected chi connectivity index (χ3v) is 3.62. The van der Waals surface area contributed by atoms with E-state index in [2.05, 4.69) is 10.2 Å². The first-order chi connectivity index (χ1) is 6.92. The van der Waals surface area contributed by atoms with Crippen LogP contribution in [0.15, 0.2) is 0 Å². The Morgan fingerprint density at radius 3 is 3.00 bits per heavy atom. The molecule has 82 valence electrons. The van der Waals surface area contributed by atoms with E-state index in [0.717, 1.165) is 18.5 Å². The molecule has 2 aliphatic rings. The van der Waals surface area contributed by atoms with Crippen LogP contribution < -0.4 is 5.32 Å². The third-order valence-electron chi connectivity index (χ3n) is 3.62. The van der Waals surface area contributed by atoms with E-state index in [-0.39, 0.29) is 0 Å². The van der Waals surface area contributed by atoms with Crippen LogP contribution in [0.25, 0.3) is 0 Å². The molecule has 0 saturated carbocycles. The number of rotatable bonds is 4. The molecular weight excluding hydrogens is 176 g/mol. The summed E-state index contributed by atoms with van der Waals surface area (Å²) in [7, 11) is 0. The van der Waals surface area contributed by atoms with Crippen molar-refractivity contribution in [1.29, 1.82) is 0 Å². The first kappa shape index (κ1) is 10.4. The fraction of sp³-hybridized carbons (Fsp3) is 1.00. The quantitative estimate of drug-likeness (QED) is 0.694. The minimum Gasteiger partial charge on any atom is -0.396 e. The van der Waals surface area contributed by atoms with Gasteiger partial charge >= 0.3 is 0 Å². The van der Waals surface area contributed by atoms with Crippen molar-refractivity contribution in [2.75, 3.05) is 26.2 Å². The van der Waals surface area contributed by atoms with Crippen LogP contribution in [0, 0.1) is 0 Å². The second-order valence-corrected chi connectivity index (χ2v) is 4.55. The summed E-state index contributed by atoms with van der Waals surface area (Å²) < 4.78 is 0. The molecule has 3 nitrogen and oxygen atoms in total. The van der Waals surface area contributed by atoms with Crippen molar-refractivity contribution in [3.05, 3.63) is 0 Å².